The molecule has 3 heterocycles. The Morgan fingerprint density at radius 1 is 1.29 bits per heavy atom. The molecule has 4 rings (SSSR count). The molecule has 6 nitrogen and oxygen atoms in total. The highest BCUT2D eigenvalue weighted by molar-refractivity contribution is 6.05. The van der Waals surface area contributed by atoms with Crippen molar-refractivity contribution in [3.8, 4) is 0 Å². The molecule has 110 valence electrons. The smallest absolute Gasteiger partial charge is 0.324 e. The van der Waals surface area contributed by atoms with Crippen LogP contribution in [0, 0.1) is 0 Å². The molecule has 0 aromatic carbocycles. The molecule has 0 spiro atoms. The van der Waals surface area contributed by atoms with E-state index in [0.717, 1.165) is 42.4 Å². The SMILES string of the molecule is O=C1NC(O)c2cnc3[nH]ccc3c2N1C1CCCCC1. The molecular weight excluding hydrogens is 268 g/mol. The molecule has 1 atom stereocenters. The van der Waals surface area contributed by atoms with Gasteiger partial charge < -0.3 is 15.4 Å². The molecule has 6 heteroatoms. The lowest BCUT2D eigenvalue weighted by Crippen LogP contribution is -2.52. The zero-order valence-electron chi connectivity index (χ0n) is 11.7. The van der Waals surface area contributed by atoms with Crippen molar-refractivity contribution in [2.24, 2.45) is 0 Å². The quantitative estimate of drug-likeness (QED) is 0.753. The van der Waals surface area contributed by atoms with Crippen molar-refractivity contribution in [1.82, 2.24) is 15.3 Å². The van der Waals surface area contributed by atoms with Crippen molar-refractivity contribution in [2.45, 2.75) is 44.4 Å². The second kappa shape index (κ2) is 4.73. The molecule has 0 radical (unpaired) electrons. The third kappa shape index (κ3) is 1.90. The fourth-order valence-corrected chi connectivity index (χ4v) is 3.53. The average Bonchev–Trinajstić information content (AvgIpc) is 2.97. The zero-order chi connectivity index (χ0) is 14.4. The zero-order valence-corrected chi connectivity index (χ0v) is 11.7. The predicted molar refractivity (Wildman–Crippen MR) is 78.9 cm³/mol. The third-order valence-electron chi connectivity index (χ3n) is 4.54. The number of H-pyrrole nitrogens is 1. The fourth-order valence-electron chi connectivity index (χ4n) is 3.53. The fraction of sp³-hybridized carbons (Fsp3) is 0.467. The van der Waals surface area contributed by atoms with Gasteiger partial charge in [0.1, 0.15) is 5.65 Å². The number of aromatic nitrogens is 2. The molecule has 21 heavy (non-hydrogen) atoms. The summed E-state index contributed by atoms with van der Waals surface area (Å²) >= 11 is 0. The van der Waals surface area contributed by atoms with Gasteiger partial charge in [0.05, 0.1) is 5.69 Å². The largest absolute Gasteiger partial charge is 0.369 e. The van der Waals surface area contributed by atoms with Gasteiger partial charge in [0.25, 0.3) is 0 Å². The molecule has 0 bridgehead atoms. The van der Waals surface area contributed by atoms with Crippen LogP contribution in [0.15, 0.2) is 18.5 Å². The Kier molecular flexibility index (Phi) is 2.85. The predicted octanol–water partition coefficient (Wildman–Crippen LogP) is 2.42. The number of aliphatic hydroxyl groups is 1. The van der Waals surface area contributed by atoms with E-state index in [1.807, 2.05) is 17.2 Å². The lowest BCUT2D eigenvalue weighted by molar-refractivity contribution is 0.138. The van der Waals surface area contributed by atoms with Crippen LogP contribution in [0.2, 0.25) is 0 Å². The van der Waals surface area contributed by atoms with Gasteiger partial charge >= 0.3 is 6.03 Å². The maximum absolute atomic E-state index is 12.5. The van der Waals surface area contributed by atoms with E-state index in [0.29, 0.717) is 5.56 Å². The van der Waals surface area contributed by atoms with E-state index < -0.39 is 6.23 Å². The van der Waals surface area contributed by atoms with Crippen LogP contribution in [0.5, 0.6) is 0 Å². The summed E-state index contributed by atoms with van der Waals surface area (Å²) in [5.41, 5.74) is 2.23. The van der Waals surface area contributed by atoms with Gasteiger partial charge in [0.2, 0.25) is 0 Å². The minimum atomic E-state index is -0.987. The summed E-state index contributed by atoms with van der Waals surface area (Å²) in [7, 11) is 0. The van der Waals surface area contributed by atoms with Crippen LogP contribution >= 0.6 is 0 Å². The third-order valence-corrected chi connectivity index (χ3v) is 4.54. The summed E-state index contributed by atoms with van der Waals surface area (Å²) in [6.07, 6.45) is 8.02. The van der Waals surface area contributed by atoms with E-state index in [1.54, 1.807) is 6.20 Å². The number of aliphatic hydroxyl groups excluding tert-OH is 1. The summed E-state index contributed by atoms with van der Waals surface area (Å²) in [4.78, 5) is 21.7. The Bertz CT molecular complexity index is 690. The number of hydrogen-bond donors (Lipinski definition) is 3. The van der Waals surface area contributed by atoms with Crippen LogP contribution in [0.3, 0.4) is 0 Å². The van der Waals surface area contributed by atoms with Gasteiger partial charge in [0.15, 0.2) is 6.23 Å². The number of carbonyl (C=O) groups is 1. The number of rotatable bonds is 1. The minimum absolute atomic E-state index is 0.200. The Morgan fingerprint density at radius 2 is 2.10 bits per heavy atom. The molecular formula is C15H18N4O2. The summed E-state index contributed by atoms with van der Waals surface area (Å²) in [6, 6.07) is 1.91. The first-order chi connectivity index (χ1) is 10.3. The average molecular weight is 286 g/mol. The van der Waals surface area contributed by atoms with E-state index in [2.05, 4.69) is 15.3 Å². The number of nitrogens with one attached hydrogen (secondary N) is 2. The minimum Gasteiger partial charge on any atom is -0.369 e. The van der Waals surface area contributed by atoms with E-state index in [4.69, 9.17) is 0 Å². The van der Waals surface area contributed by atoms with Gasteiger partial charge in [-0.05, 0) is 18.9 Å². The summed E-state index contributed by atoms with van der Waals surface area (Å²) < 4.78 is 0. The Morgan fingerprint density at radius 3 is 2.90 bits per heavy atom. The number of urea groups is 1. The first-order valence-corrected chi connectivity index (χ1v) is 7.49. The number of anilines is 1. The monoisotopic (exact) mass is 286 g/mol. The number of hydrogen-bond acceptors (Lipinski definition) is 3. The number of carbonyl (C=O) groups excluding carboxylic acids is 1. The number of amides is 2. The normalized spacial score (nSPS) is 23.2. The summed E-state index contributed by atoms with van der Waals surface area (Å²) in [5, 5.41) is 13.7. The van der Waals surface area contributed by atoms with Gasteiger partial charge in [-0.2, -0.15) is 0 Å². The molecule has 2 aromatic heterocycles. The highest BCUT2D eigenvalue weighted by atomic mass is 16.3. The summed E-state index contributed by atoms with van der Waals surface area (Å²) in [5.74, 6) is 0. The van der Waals surface area contributed by atoms with Crippen LogP contribution in [-0.4, -0.2) is 27.1 Å². The van der Waals surface area contributed by atoms with Gasteiger partial charge in [-0.25, -0.2) is 9.78 Å². The number of pyridine rings is 1. The molecule has 1 unspecified atom stereocenters. The first-order valence-electron chi connectivity index (χ1n) is 7.49. The highest BCUT2D eigenvalue weighted by Gasteiger charge is 2.36. The molecule has 3 N–H and O–H groups in total. The second-order valence-electron chi connectivity index (χ2n) is 5.82. The first kappa shape index (κ1) is 12.6. The van der Waals surface area contributed by atoms with Gasteiger partial charge in [-0.15, -0.1) is 0 Å². The van der Waals surface area contributed by atoms with Crippen LogP contribution in [-0.2, 0) is 0 Å². The van der Waals surface area contributed by atoms with Crippen molar-refractivity contribution in [1.29, 1.82) is 0 Å². The lowest BCUT2D eigenvalue weighted by atomic mass is 9.92. The number of aromatic amines is 1. The van der Waals surface area contributed by atoms with Crippen LogP contribution in [0.25, 0.3) is 11.0 Å². The van der Waals surface area contributed by atoms with Crippen molar-refractivity contribution in [3.63, 3.8) is 0 Å². The van der Waals surface area contributed by atoms with Gasteiger partial charge in [-0.3, -0.25) is 4.90 Å². The number of fused-ring (bicyclic) bond motifs is 3. The molecule has 1 aliphatic heterocycles. The van der Waals surface area contributed by atoms with Crippen LogP contribution in [0.4, 0.5) is 10.5 Å². The van der Waals surface area contributed by atoms with Gasteiger partial charge in [0, 0.05) is 29.4 Å². The van der Waals surface area contributed by atoms with Crippen molar-refractivity contribution in [2.75, 3.05) is 4.90 Å². The maximum Gasteiger partial charge on any atom is 0.324 e. The van der Waals surface area contributed by atoms with E-state index in [1.165, 1.54) is 6.42 Å². The van der Waals surface area contributed by atoms with E-state index in [-0.39, 0.29) is 12.1 Å². The van der Waals surface area contributed by atoms with Crippen molar-refractivity contribution >= 4 is 22.8 Å². The topological polar surface area (TPSA) is 81.2 Å². The maximum atomic E-state index is 12.5. The molecule has 2 amide bonds. The highest BCUT2D eigenvalue weighted by Crippen LogP contribution is 2.39. The molecule has 1 aliphatic carbocycles. The van der Waals surface area contributed by atoms with E-state index >= 15 is 0 Å². The number of nitrogens with zero attached hydrogens (tertiary/aromatic N) is 2. The van der Waals surface area contributed by atoms with E-state index in [9.17, 15) is 9.90 Å². The molecule has 1 saturated carbocycles. The van der Waals surface area contributed by atoms with Crippen molar-refractivity contribution < 1.29 is 9.90 Å². The Hall–Kier alpha value is -2.08. The standard InChI is InChI=1S/C15H18N4O2/c20-14-11-8-17-13-10(6-7-16-13)12(11)19(15(21)18-14)9-4-2-1-3-5-9/h6-9,14,20H,1-5H2,(H,16,17)(H,18,21). The Labute approximate surface area is 122 Å². The molecule has 2 aliphatic rings. The van der Waals surface area contributed by atoms with Gasteiger partial charge in [-0.1, -0.05) is 19.3 Å². The Balaban J connectivity index is 1.89. The van der Waals surface area contributed by atoms with Crippen LogP contribution < -0.4 is 10.2 Å². The van der Waals surface area contributed by atoms with Crippen LogP contribution in [0.1, 0.15) is 43.9 Å². The molecule has 1 fully saturated rings. The summed E-state index contributed by atoms with van der Waals surface area (Å²) in [6.45, 7) is 0. The lowest BCUT2D eigenvalue weighted by Gasteiger charge is -2.39. The second-order valence-corrected chi connectivity index (χ2v) is 5.82. The molecule has 0 saturated heterocycles. The van der Waals surface area contributed by atoms with Crippen molar-refractivity contribution in [3.05, 3.63) is 24.0 Å². The molecule has 2 aromatic rings.